The Bertz CT molecular complexity index is 375. The van der Waals surface area contributed by atoms with Gasteiger partial charge < -0.3 is 14.6 Å². The molecule has 0 amide bonds. The van der Waals surface area contributed by atoms with E-state index in [0.717, 1.165) is 25.7 Å². The first-order chi connectivity index (χ1) is 10.1. The Kier molecular flexibility index (Phi) is 8.05. The number of aliphatic hydroxyl groups excluding tert-OH is 1. The van der Waals surface area contributed by atoms with Crippen molar-refractivity contribution in [2.45, 2.75) is 58.5 Å². The Balaban J connectivity index is 2.51. The van der Waals surface area contributed by atoms with E-state index in [1.54, 1.807) is 0 Å². The van der Waals surface area contributed by atoms with E-state index >= 15 is 0 Å². The van der Waals surface area contributed by atoms with Gasteiger partial charge in [0.05, 0.1) is 25.2 Å². The minimum Gasteiger partial charge on any atom is -0.465 e. The zero-order valence-electron chi connectivity index (χ0n) is 13.0. The minimum absolute atomic E-state index is 0.285. The van der Waals surface area contributed by atoms with Gasteiger partial charge >= 0.3 is 11.9 Å². The minimum atomic E-state index is -0.795. The third-order valence-corrected chi connectivity index (χ3v) is 3.45. The normalized spacial score (nSPS) is 21.6. The zero-order valence-corrected chi connectivity index (χ0v) is 13.0. The van der Waals surface area contributed by atoms with Crippen molar-refractivity contribution in [3.05, 3.63) is 11.6 Å². The van der Waals surface area contributed by atoms with Crippen LogP contribution in [0.5, 0.6) is 0 Å². The Hall–Kier alpha value is -1.36. The molecule has 1 rings (SSSR count). The maximum atomic E-state index is 11.9. The fourth-order valence-corrected chi connectivity index (χ4v) is 2.18. The van der Waals surface area contributed by atoms with Gasteiger partial charge in [-0.1, -0.05) is 26.7 Å². The summed E-state index contributed by atoms with van der Waals surface area (Å²) in [5.41, 5.74) is 0.377. The standard InChI is InChI=1S/C16H26O5/c1-3-5-7-20-15(18)12-9-13(11-14(17)10-12)16(19)21-8-6-4-2/h10,13-14,17H,3-9,11H2,1-2H3/t13-,14+/m1/s1. The summed E-state index contributed by atoms with van der Waals surface area (Å²) in [7, 11) is 0. The maximum Gasteiger partial charge on any atom is 0.333 e. The van der Waals surface area contributed by atoms with Gasteiger partial charge in [0.15, 0.2) is 0 Å². The molecule has 0 aromatic heterocycles. The predicted molar refractivity (Wildman–Crippen MR) is 78.5 cm³/mol. The molecule has 5 heteroatoms. The predicted octanol–water partition coefficient (Wildman–Crippen LogP) is 2.37. The molecule has 0 saturated carbocycles. The molecule has 21 heavy (non-hydrogen) atoms. The lowest BCUT2D eigenvalue weighted by Crippen LogP contribution is -2.29. The molecule has 1 N–H and O–H groups in total. The molecule has 0 aromatic carbocycles. The molecule has 0 aliphatic heterocycles. The molecule has 0 spiro atoms. The van der Waals surface area contributed by atoms with Crippen LogP contribution in [-0.4, -0.2) is 36.4 Å². The van der Waals surface area contributed by atoms with Crippen molar-refractivity contribution in [3.63, 3.8) is 0 Å². The average molecular weight is 298 g/mol. The van der Waals surface area contributed by atoms with Crippen molar-refractivity contribution in [2.24, 2.45) is 5.92 Å². The summed E-state index contributed by atoms with van der Waals surface area (Å²) in [6.07, 6.45) is 4.81. The van der Waals surface area contributed by atoms with Crippen LogP contribution in [0.2, 0.25) is 0 Å². The second-order valence-electron chi connectivity index (χ2n) is 5.41. The number of rotatable bonds is 8. The monoisotopic (exact) mass is 298 g/mol. The fraction of sp³-hybridized carbons (Fsp3) is 0.750. The van der Waals surface area contributed by atoms with Crippen molar-refractivity contribution in [1.82, 2.24) is 0 Å². The highest BCUT2D eigenvalue weighted by Crippen LogP contribution is 2.26. The number of hydrogen-bond donors (Lipinski definition) is 1. The number of unbranched alkanes of at least 4 members (excludes halogenated alkanes) is 2. The van der Waals surface area contributed by atoms with E-state index in [2.05, 4.69) is 0 Å². The van der Waals surface area contributed by atoms with Gasteiger partial charge in [0.25, 0.3) is 0 Å². The van der Waals surface area contributed by atoms with E-state index in [4.69, 9.17) is 9.47 Å². The maximum absolute atomic E-state index is 11.9. The van der Waals surface area contributed by atoms with Crippen LogP contribution in [0.25, 0.3) is 0 Å². The SMILES string of the molecule is CCCCOC(=O)C1=C[C@H](O)C[C@H](C(=O)OCCCC)C1. The first-order valence-corrected chi connectivity index (χ1v) is 7.81. The Labute approximate surface area is 126 Å². The van der Waals surface area contributed by atoms with Crippen LogP contribution in [0, 0.1) is 5.92 Å². The summed E-state index contributed by atoms with van der Waals surface area (Å²) in [5, 5.41) is 9.80. The molecule has 0 saturated heterocycles. The molecule has 0 aromatic rings. The van der Waals surface area contributed by atoms with Gasteiger partial charge in [-0.15, -0.1) is 0 Å². The zero-order chi connectivity index (χ0) is 15.7. The summed E-state index contributed by atoms with van der Waals surface area (Å²) in [4.78, 5) is 23.8. The second-order valence-corrected chi connectivity index (χ2v) is 5.41. The third kappa shape index (κ3) is 6.29. The molecule has 1 aliphatic carbocycles. The van der Waals surface area contributed by atoms with Gasteiger partial charge in [-0.25, -0.2) is 4.79 Å². The number of carbonyl (C=O) groups excluding carboxylic acids is 2. The molecular weight excluding hydrogens is 272 g/mol. The van der Waals surface area contributed by atoms with Gasteiger partial charge in [0.1, 0.15) is 0 Å². The van der Waals surface area contributed by atoms with Crippen LogP contribution in [-0.2, 0) is 19.1 Å². The number of hydrogen-bond acceptors (Lipinski definition) is 5. The molecule has 1 aliphatic rings. The molecule has 0 unspecified atom stereocenters. The van der Waals surface area contributed by atoms with Crippen molar-refractivity contribution in [2.75, 3.05) is 13.2 Å². The number of esters is 2. The van der Waals surface area contributed by atoms with E-state index in [0.29, 0.717) is 25.2 Å². The van der Waals surface area contributed by atoms with Crippen LogP contribution >= 0.6 is 0 Å². The summed E-state index contributed by atoms with van der Waals surface area (Å²) >= 11 is 0. The summed E-state index contributed by atoms with van der Waals surface area (Å²) in [6, 6.07) is 0. The second kappa shape index (κ2) is 9.55. The lowest BCUT2D eigenvalue weighted by atomic mass is 9.87. The lowest BCUT2D eigenvalue weighted by Gasteiger charge is -2.23. The van der Waals surface area contributed by atoms with Crippen LogP contribution in [0.4, 0.5) is 0 Å². The Morgan fingerprint density at radius 1 is 1.19 bits per heavy atom. The van der Waals surface area contributed by atoms with Crippen LogP contribution in [0.15, 0.2) is 11.6 Å². The largest absolute Gasteiger partial charge is 0.465 e. The molecule has 0 radical (unpaired) electrons. The van der Waals surface area contributed by atoms with Gasteiger partial charge in [0, 0.05) is 5.57 Å². The third-order valence-electron chi connectivity index (χ3n) is 3.45. The molecule has 120 valence electrons. The van der Waals surface area contributed by atoms with Crippen molar-refractivity contribution in [1.29, 1.82) is 0 Å². The van der Waals surface area contributed by atoms with Gasteiger partial charge in [-0.2, -0.15) is 0 Å². The fourth-order valence-electron chi connectivity index (χ4n) is 2.18. The van der Waals surface area contributed by atoms with Crippen LogP contribution in [0.1, 0.15) is 52.4 Å². The first-order valence-electron chi connectivity index (χ1n) is 7.81. The highest BCUT2D eigenvalue weighted by atomic mass is 16.5. The highest BCUT2D eigenvalue weighted by molar-refractivity contribution is 5.90. The van der Waals surface area contributed by atoms with Crippen LogP contribution < -0.4 is 0 Å². The molecular formula is C16H26O5. The van der Waals surface area contributed by atoms with E-state index in [-0.39, 0.29) is 12.4 Å². The molecule has 0 fully saturated rings. The number of carbonyl (C=O) groups is 2. The van der Waals surface area contributed by atoms with Crippen molar-refractivity contribution in [3.8, 4) is 0 Å². The van der Waals surface area contributed by atoms with Crippen LogP contribution in [0.3, 0.4) is 0 Å². The quantitative estimate of drug-likeness (QED) is 0.550. The Morgan fingerprint density at radius 2 is 1.81 bits per heavy atom. The van der Waals surface area contributed by atoms with Crippen molar-refractivity contribution >= 4 is 11.9 Å². The van der Waals surface area contributed by atoms with Gasteiger partial charge in [-0.05, 0) is 31.8 Å². The van der Waals surface area contributed by atoms with E-state index < -0.39 is 18.0 Å². The highest BCUT2D eigenvalue weighted by Gasteiger charge is 2.31. The summed E-state index contributed by atoms with van der Waals surface area (Å²) in [6.45, 7) is 4.79. The van der Waals surface area contributed by atoms with E-state index in [9.17, 15) is 14.7 Å². The number of aliphatic hydroxyl groups is 1. The topological polar surface area (TPSA) is 72.8 Å². The molecule has 0 heterocycles. The molecule has 2 atom stereocenters. The summed E-state index contributed by atoms with van der Waals surface area (Å²) in [5.74, 6) is -1.24. The number of ether oxygens (including phenoxy) is 2. The summed E-state index contributed by atoms with van der Waals surface area (Å²) < 4.78 is 10.3. The molecule has 0 bridgehead atoms. The smallest absolute Gasteiger partial charge is 0.333 e. The lowest BCUT2D eigenvalue weighted by molar-refractivity contribution is -0.150. The first kappa shape index (κ1) is 17.7. The Morgan fingerprint density at radius 3 is 2.43 bits per heavy atom. The molecule has 5 nitrogen and oxygen atoms in total. The van der Waals surface area contributed by atoms with Gasteiger partial charge in [0.2, 0.25) is 0 Å². The van der Waals surface area contributed by atoms with E-state index in [1.807, 2.05) is 13.8 Å². The van der Waals surface area contributed by atoms with Gasteiger partial charge in [-0.3, -0.25) is 4.79 Å². The van der Waals surface area contributed by atoms with E-state index in [1.165, 1.54) is 6.08 Å². The average Bonchev–Trinajstić information content (AvgIpc) is 2.47. The van der Waals surface area contributed by atoms with Crippen molar-refractivity contribution < 1.29 is 24.2 Å².